The second-order valence-electron chi connectivity index (χ2n) is 7.23. The molecule has 0 spiro atoms. The lowest BCUT2D eigenvalue weighted by Gasteiger charge is -2.27. The van der Waals surface area contributed by atoms with Crippen LogP contribution in [0, 0.1) is 6.92 Å². The summed E-state index contributed by atoms with van der Waals surface area (Å²) in [6, 6.07) is 10.1. The van der Waals surface area contributed by atoms with E-state index < -0.39 is 0 Å². The highest BCUT2D eigenvalue weighted by atomic mass is 32.1. The van der Waals surface area contributed by atoms with Crippen LogP contribution < -0.4 is 10.2 Å². The lowest BCUT2D eigenvalue weighted by atomic mass is 10.1. The van der Waals surface area contributed by atoms with Gasteiger partial charge in [-0.15, -0.1) is 11.3 Å². The van der Waals surface area contributed by atoms with E-state index in [0.717, 1.165) is 54.6 Å². The number of ether oxygens (including phenoxy) is 1. The second kappa shape index (κ2) is 8.83. The van der Waals surface area contributed by atoms with Gasteiger partial charge in [0.2, 0.25) is 5.95 Å². The summed E-state index contributed by atoms with van der Waals surface area (Å²) in [5.74, 6) is 2.13. The van der Waals surface area contributed by atoms with Crippen LogP contribution in [0.2, 0.25) is 0 Å². The number of rotatable bonds is 6. The quantitative estimate of drug-likeness (QED) is 0.487. The summed E-state index contributed by atoms with van der Waals surface area (Å²) in [4.78, 5) is 17.4. The van der Waals surface area contributed by atoms with Crippen molar-refractivity contribution in [3.05, 3.63) is 58.7 Å². The fraction of sp³-hybridized carbons (Fsp3) is 0.273. The molecule has 1 N–H and O–H groups in total. The Morgan fingerprint density at radius 2 is 2.03 bits per heavy atom. The molecule has 4 aromatic heterocycles. The Hall–Kier alpha value is -3.30. The molecule has 0 saturated carbocycles. The van der Waals surface area contributed by atoms with Crippen LogP contribution in [0.25, 0.3) is 22.6 Å². The van der Waals surface area contributed by atoms with Crippen LogP contribution in [0.4, 0.5) is 11.8 Å². The first-order valence-corrected chi connectivity index (χ1v) is 11.0. The minimum atomic E-state index is 0.556. The van der Waals surface area contributed by atoms with Crippen molar-refractivity contribution in [2.24, 2.45) is 0 Å². The highest BCUT2D eigenvalue weighted by Crippen LogP contribution is 2.32. The van der Waals surface area contributed by atoms with Gasteiger partial charge in [0.15, 0.2) is 5.76 Å². The molecule has 0 aromatic carbocycles. The molecule has 31 heavy (non-hydrogen) atoms. The van der Waals surface area contributed by atoms with E-state index in [1.54, 1.807) is 17.5 Å². The summed E-state index contributed by atoms with van der Waals surface area (Å²) in [5.41, 5.74) is 3.23. The number of aromatic nitrogens is 4. The highest BCUT2D eigenvalue weighted by Gasteiger charge is 2.17. The maximum absolute atomic E-state index is 5.50. The molecule has 0 radical (unpaired) electrons. The number of aryl methyl sites for hydroxylation is 1. The van der Waals surface area contributed by atoms with Gasteiger partial charge in [-0.25, -0.2) is 15.0 Å². The fourth-order valence-electron chi connectivity index (χ4n) is 3.44. The number of thiophene rings is 1. The van der Waals surface area contributed by atoms with Gasteiger partial charge < -0.3 is 19.5 Å². The molecular weight excluding hydrogens is 412 g/mol. The van der Waals surface area contributed by atoms with E-state index >= 15 is 0 Å². The van der Waals surface area contributed by atoms with Gasteiger partial charge >= 0.3 is 0 Å². The zero-order valence-electron chi connectivity index (χ0n) is 17.1. The summed E-state index contributed by atoms with van der Waals surface area (Å²) < 4.78 is 10.9. The number of pyridine rings is 1. The number of nitrogens with zero attached hydrogens (tertiary/aromatic N) is 5. The molecule has 5 heterocycles. The second-order valence-corrected chi connectivity index (χ2v) is 8.26. The molecule has 8 nitrogen and oxygen atoms in total. The standard InChI is InChI=1S/C22H22N6O2S/c1-15-11-19(30-27-15)18-14-25-22(24-13-17-3-2-10-31-17)26-21(18)16-4-5-20(23-12-16)28-6-8-29-9-7-28/h2-5,10-12,14H,6-9,13H2,1H3,(H,24,25,26). The minimum absolute atomic E-state index is 0.556. The number of hydrogen-bond donors (Lipinski definition) is 1. The van der Waals surface area contributed by atoms with Gasteiger partial charge in [-0.2, -0.15) is 0 Å². The zero-order chi connectivity index (χ0) is 21.0. The first kappa shape index (κ1) is 19.7. The van der Waals surface area contributed by atoms with Crippen LogP contribution in [-0.4, -0.2) is 46.4 Å². The van der Waals surface area contributed by atoms with E-state index in [1.165, 1.54) is 4.88 Å². The van der Waals surface area contributed by atoms with Crippen molar-refractivity contribution in [1.82, 2.24) is 20.1 Å². The molecule has 0 atom stereocenters. The Balaban J connectivity index is 1.47. The molecule has 0 bridgehead atoms. The predicted molar refractivity (Wildman–Crippen MR) is 120 cm³/mol. The predicted octanol–water partition coefficient (Wildman–Crippen LogP) is 4.01. The zero-order valence-corrected chi connectivity index (χ0v) is 17.9. The Bertz CT molecular complexity index is 1140. The molecule has 0 amide bonds. The van der Waals surface area contributed by atoms with Gasteiger partial charge in [0.1, 0.15) is 5.82 Å². The average Bonchev–Trinajstić information content (AvgIpc) is 3.50. The van der Waals surface area contributed by atoms with E-state index in [0.29, 0.717) is 18.3 Å². The van der Waals surface area contributed by atoms with Crippen LogP contribution in [0.15, 0.2) is 52.6 Å². The van der Waals surface area contributed by atoms with Crippen molar-refractivity contribution in [1.29, 1.82) is 0 Å². The molecule has 5 rings (SSSR count). The van der Waals surface area contributed by atoms with Crippen LogP contribution in [0.5, 0.6) is 0 Å². The average molecular weight is 435 g/mol. The SMILES string of the molecule is Cc1cc(-c2cnc(NCc3cccs3)nc2-c2ccc(N3CCOCC3)nc2)on1. The number of morpholine rings is 1. The molecule has 1 aliphatic heterocycles. The molecule has 1 fully saturated rings. The first-order valence-electron chi connectivity index (χ1n) is 10.1. The van der Waals surface area contributed by atoms with E-state index in [-0.39, 0.29) is 0 Å². The largest absolute Gasteiger partial charge is 0.378 e. The Morgan fingerprint density at radius 1 is 1.13 bits per heavy atom. The smallest absolute Gasteiger partial charge is 0.223 e. The third kappa shape index (κ3) is 4.42. The molecule has 0 unspecified atom stereocenters. The van der Waals surface area contributed by atoms with Crippen LogP contribution in [0.1, 0.15) is 10.6 Å². The van der Waals surface area contributed by atoms with Gasteiger partial charge in [0, 0.05) is 42.0 Å². The van der Waals surface area contributed by atoms with Crippen molar-refractivity contribution < 1.29 is 9.26 Å². The summed E-state index contributed by atoms with van der Waals surface area (Å²) >= 11 is 1.70. The van der Waals surface area contributed by atoms with Gasteiger partial charge in [0.25, 0.3) is 0 Å². The number of hydrogen-bond acceptors (Lipinski definition) is 9. The number of anilines is 2. The molecule has 1 aliphatic rings. The van der Waals surface area contributed by atoms with E-state index in [1.807, 2.05) is 37.4 Å². The van der Waals surface area contributed by atoms with Crippen molar-refractivity contribution in [3.63, 3.8) is 0 Å². The Labute approximate surface area is 183 Å². The van der Waals surface area contributed by atoms with Crippen LogP contribution in [0.3, 0.4) is 0 Å². The molecule has 4 aromatic rings. The normalized spacial score (nSPS) is 14.0. The fourth-order valence-corrected chi connectivity index (χ4v) is 4.09. The minimum Gasteiger partial charge on any atom is -0.378 e. The monoisotopic (exact) mass is 434 g/mol. The lowest BCUT2D eigenvalue weighted by molar-refractivity contribution is 0.122. The summed E-state index contributed by atoms with van der Waals surface area (Å²) in [6.45, 7) is 5.71. The van der Waals surface area contributed by atoms with Gasteiger partial charge in [-0.05, 0) is 30.5 Å². The summed E-state index contributed by atoms with van der Waals surface area (Å²) in [7, 11) is 0. The van der Waals surface area contributed by atoms with Crippen molar-refractivity contribution in [2.45, 2.75) is 13.5 Å². The molecule has 0 aliphatic carbocycles. The molecule has 1 saturated heterocycles. The Morgan fingerprint density at radius 3 is 2.74 bits per heavy atom. The van der Waals surface area contributed by atoms with Gasteiger partial charge in [-0.3, -0.25) is 0 Å². The first-order chi connectivity index (χ1) is 15.3. The van der Waals surface area contributed by atoms with Crippen molar-refractivity contribution in [2.75, 3.05) is 36.5 Å². The van der Waals surface area contributed by atoms with Crippen molar-refractivity contribution >= 4 is 23.1 Å². The number of nitrogens with one attached hydrogen (secondary N) is 1. The van der Waals surface area contributed by atoms with E-state index in [9.17, 15) is 0 Å². The van der Waals surface area contributed by atoms with E-state index in [4.69, 9.17) is 14.2 Å². The summed E-state index contributed by atoms with van der Waals surface area (Å²) in [5, 5.41) is 9.38. The maximum Gasteiger partial charge on any atom is 0.223 e. The van der Waals surface area contributed by atoms with Crippen molar-refractivity contribution in [3.8, 4) is 22.6 Å². The lowest BCUT2D eigenvalue weighted by Crippen LogP contribution is -2.36. The van der Waals surface area contributed by atoms with Crippen LogP contribution >= 0.6 is 11.3 Å². The van der Waals surface area contributed by atoms with Crippen LogP contribution in [-0.2, 0) is 11.3 Å². The third-order valence-electron chi connectivity index (χ3n) is 5.04. The molecule has 158 valence electrons. The van der Waals surface area contributed by atoms with Gasteiger partial charge in [0.05, 0.1) is 36.7 Å². The van der Waals surface area contributed by atoms with Gasteiger partial charge in [-0.1, -0.05) is 11.2 Å². The van der Waals surface area contributed by atoms with E-state index in [2.05, 4.69) is 36.8 Å². The summed E-state index contributed by atoms with van der Waals surface area (Å²) in [6.07, 6.45) is 3.62. The third-order valence-corrected chi connectivity index (χ3v) is 5.92. The Kier molecular flexibility index (Phi) is 5.59. The molecular formula is C22H22N6O2S. The highest BCUT2D eigenvalue weighted by molar-refractivity contribution is 7.09. The molecule has 9 heteroatoms. The topological polar surface area (TPSA) is 89.2 Å². The maximum atomic E-state index is 5.50.